The van der Waals surface area contributed by atoms with Gasteiger partial charge in [-0.2, -0.15) is 0 Å². The van der Waals surface area contributed by atoms with Crippen LogP contribution in [0.5, 0.6) is 0 Å². The zero-order chi connectivity index (χ0) is 20.2. The predicted octanol–water partition coefficient (Wildman–Crippen LogP) is 3.88. The lowest BCUT2D eigenvalue weighted by Crippen LogP contribution is -2.38. The lowest BCUT2D eigenvalue weighted by molar-refractivity contribution is -0.118. The number of hydrogen-bond donors (Lipinski definition) is 2. The van der Waals surface area contributed by atoms with Crippen LogP contribution in [0.15, 0.2) is 28.1 Å². The predicted molar refractivity (Wildman–Crippen MR) is 111 cm³/mol. The van der Waals surface area contributed by atoms with Crippen molar-refractivity contribution in [1.82, 2.24) is 10.6 Å². The molecule has 0 spiro atoms. The molecule has 0 aliphatic heterocycles. The molecular formula is C24H32N2O3. The van der Waals surface area contributed by atoms with Crippen LogP contribution in [0.4, 0.5) is 0 Å². The molecule has 4 aliphatic carbocycles. The van der Waals surface area contributed by atoms with Crippen molar-refractivity contribution in [3.63, 3.8) is 0 Å². The smallest absolute Gasteiger partial charge is 0.253 e. The van der Waals surface area contributed by atoms with E-state index >= 15 is 0 Å². The summed E-state index contributed by atoms with van der Waals surface area (Å²) in [5.74, 6) is 1.85. The first-order valence-corrected chi connectivity index (χ1v) is 11.4. The minimum atomic E-state index is -0.131. The summed E-state index contributed by atoms with van der Waals surface area (Å²) in [6, 6.07) is 0.259. The van der Waals surface area contributed by atoms with Crippen LogP contribution < -0.4 is 10.6 Å². The van der Waals surface area contributed by atoms with Gasteiger partial charge in [-0.15, -0.1) is 0 Å². The Morgan fingerprint density at radius 1 is 0.966 bits per heavy atom. The summed E-state index contributed by atoms with van der Waals surface area (Å²) in [4.78, 5) is 36.6. The highest BCUT2D eigenvalue weighted by Gasteiger charge is 2.35. The number of carbonyl (C=O) groups is 2. The standard InChI is InChI=1S/C24H32N2O3/c27-14-17-7-4-5-11-19(17)22(15-28)26-21-13-16-8-6-12-20(16)23(21)24(29)25-18-9-2-1-3-10-18/h14,17-19,26H,1-13H2,(H,25,29). The fourth-order valence-electron chi connectivity index (χ4n) is 5.71. The van der Waals surface area contributed by atoms with Crippen LogP contribution in [-0.2, 0) is 14.4 Å². The molecule has 5 nitrogen and oxygen atoms in total. The molecule has 0 heterocycles. The number of carbonyl (C=O) groups excluding carboxylic acids is 3. The van der Waals surface area contributed by atoms with Gasteiger partial charge in [0.25, 0.3) is 5.91 Å². The van der Waals surface area contributed by atoms with Crippen molar-refractivity contribution < 1.29 is 14.4 Å². The molecule has 2 N–H and O–H groups in total. The van der Waals surface area contributed by atoms with E-state index in [2.05, 4.69) is 16.6 Å². The molecule has 0 aromatic carbocycles. The minimum Gasteiger partial charge on any atom is -0.352 e. The Kier molecular flexibility index (Phi) is 6.34. The molecule has 0 aromatic rings. The Bertz CT molecular complexity index is 782. The first-order valence-electron chi connectivity index (χ1n) is 11.4. The molecule has 1 amide bonds. The molecule has 2 saturated carbocycles. The molecule has 4 aliphatic rings. The molecule has 2 unspecified atom stereocenters. The monoisotopic (exact) mass is 396 g/mol. The normalized spacial score (nSPS) is 27.4. The fraction of sp³-hybridized carbons (Fsp3) is 0.667. The van der Waals surface area contributed by atoms with Gasteiger partial charge in [0.15, 0.2) is 0 Å². The van der Waals surface area contributed by atoms with Gasteiger partial charge in [-0.05, 0) is 50.5 Å². The Labute approximate surface area is 173 Å². The van der Waals surface area contributed by atoms with Gasteiger partial charge in [0.1, 0.15) is 17.9 Å². The summed E-state index contributed by atoms with van der Waals surface area (Å²) >= 11 is 0. The van der Waals surface area contributed by atoms with Gasteiger partial charge in [-0.1, -0.05) is 37.7 Å². The summed E-state index contributed by atoms with van der Waals surface area (Å²) in [6.45, 7) is 0. The van der Waals surface area contributed by atoms with Crippen LogP contribution in [0.2, 0.25) is 0 Å². The maximum atomic E-state index is 13.2. The average Bonchev–Trinajstić information content (AvgIpc) is 3.33. The molecule has 0 aromatic heterocycles. The SMILES string of the molecule is O=C=C(NC1=C(C(=O)NC2CCCCC2)C2=C(CCC2)C1)C1CCCCC1C=O. The van der Waals surface area contributed by atoms with Gasteiger partial charge in [-0.25, -0.2) is 4.79 Å². The molecule has 0 saturated heterocycles. The molecule has 0 radical (unpaired) electrons. The third-order valence-corrected chi connectivity index (χ3v) is 7.25. The van der Waals surface area contributed by atoms with Crippen LogP contribution in [-0.4, -0.2) is 24.2 Å². The summed E-state index contributed by atoms with van der Waals surface area (Å²) in [5.41, 5.74) is 4.58. The third-order valence-electron chi connectivity index (χ3n) is 7.25. The van der Waals surface area contributed by atoms with E-state index in [1.54, 1.807) is 0 Å². The van der Waals surface area contributed by atoms with Crippen molar-refractivity contribution in [2.75, 3.05) is 0 Å². The molecule has 5 heteroatoms. The number of rotatable bonds is 6. The Morgan fingerprint density at radius 2 is 1.72 bits per heavy atom. The van der Waals surface area contributed by atoms with E-state index in [0.29, 0.717) is 12.1 Å². The van der Waals surface area contributed by atoms with Crippen LogP contribution in [0.1, 0.15) is 83.5 Å². The van der Waals surface area contributed by atoms with E-state index in [1.165, 1.54) is 30.4 Å². The fourth-order valence-corrected chi connectivity index (χ4v) is 5.71. The van der Waals surface area contributed by atoms with Gasteiger partial charge in [0.05, 0.1) is 5.57 Å². The topological polar surface area (TPSA) is 75.3 Å². The van der Waals surface area contributed by atoms with E-state index in [4.69, 9.17) is 0 Å². The third kappa shape index (κ3) is 4.25. The number of allylic oxidation sites excluding steroid dienone is 2. The van der Waals surface area contributed by atoms with Crippen molar-refractivity contribution in [2.24, 2.45) is 11.8 Å². The Morgan fingerprint density at radius 3 is 2.48 bits per heavy atom. The number of aldehydes is 1. The van der Waals surface area contributed by atoms with Gasteiger partial charge >= 0.3 is 0 Å². The summed E-state index contributed by atoms with van der Waals surface area (Å²) in [7, 11) is 0. The lowest BCUT2D eigenvalue weighted by Gasteiger charge is -2.29. The molecule has 2 atom stereocenters. The quantitative estimate of drug-likeness (QED) is 0.528. The largest absolute Gasteiger partial charge is 0.352 e. The van der Waals surface area contributed by atoms with Crippen molar-refractivity contribution >= 4 is 18.1 Å². The summed E-state index contributed by atoms with van der Waals surface area (Å²) in [6.07, 6.45) is 14.2. The van der Waals surface area contributed by atoms with E-state index in [-0.39, 0.29) is 23.8 Å². The summed E-state index contributed by atoms with van der Waals surface area (Å²) in [5, 5.41) is 6.57. The Hall–Kier alpha value is -2.13. The van der Waals surface area contributed by atoms with E-state index in [9.17, 15) is 14.4 Å². The highest BCUT2D eigenvalue weighted by molar-refractivity contribution is 6.00. The highest BCUT2D eigenvalue weighted by Crippen LogP contribution is 2.43. The number of nitrogens with one attached hydrogen (secondary N) is 2. The zero-order valence-corrected chi connectivity index (χ0v) is 17.2. The van der Waals surface area contributed by atoms with E-state index in [0.717, 1.165) is 75.3 Å². The van der Waals surface area contributed by atoms with Gasteiger partial charge in [0, 0.05) is 30.0 Å². The molecule has 156 valence electrons. The minimum absolute atomic E-state index is 0.00660. The van der Waals surface area contributed by atoms with Crippen molar-refractivity contribution in [2.45, 2.75) is 89.5 Å². The first-order chi connectivity index (χ1) is 14.2. The number of hydrogen-bond acceptors (Lipinski definition) is 4. The molecular weight excluding hydrogens is 364 g/mol. The van der Waals surface area contributed by atoms with Crippen LogP contribution in [0.3, 0.4) is 0 Å². The highest BCUT2D eigenvalue weighted by atomic mass is 16.2. The maximum absolute atomic E-state index is 13.2. The maximum Gasteiger partial charge on any atom is 0.253 e. The lowest BCUT2D eigenvalue weighted by atomic mass is 9.78. The second kappa shape index (κ2) is 9.13. The number of amides is 1. The van der Waals surface area contributed by atoms with Crippen LogP contribution in [0, 0.1) is 11.8 Å². The second-order valence-electron chi connectivity index (χ2n) is 9.11. The molecule has 29 heavy (non-hydrogen) atoms. The molecule has 4 rings (SSSR count). The van der Waals surface area contributed by atoms with Gasteiger partial charge < -0.3 is 15.4 Å². The van der Waals surface area contributed by atoms with E-state index in [1.807, 2.05) is 0 Å². The van der Waals surface area contributed by atoms with Crippen molar-refractivity contribution in [1.29, 1.82) is 0 Å². The zero-order valence-electron chi connectivity index (χ0n) is 17.2. The van der Waals surface area contributed by atoms with Crippen LogP contribution >= 0.6 is 0 Å². The van der Waals surface area contributed by atoms with Gasteiger partial charge in [0.2, 0.25) is 0 Å². The van der Waals surface area contributed by atoms with E-state index < -0.39 is 0 Å². The second-order valence-corrected chi connectivity index (χ2v) is 9.11. The average molecular weight is 397 g/mol. The molecule has 0 bridgehead atoms. The molecule has 2 fully saturated rings. The van der Waals surface area contributed by atoms with Crippen molar-refractivity contribution in [3.05, 3.63) is 28.1 Å². The van der Waals surface area contributed by atoms with Gasteiger partial charge in [-0.3, -0.25) is 4.79 Å². The van der Waals surface area contributed by atoms with Crippen LogP contribution in [0.25, 0.3) is 0 Å². The Balaban J connectivity index is 1.55. The first kappa shape index (κ1) is 20.2. The van der Waals surface area contributed by atoms with Crippen molar-refractivity contribution in [3.8, 4) is 0 Å². The summed E-state index contributed by atoms with van der Waals surface area (Å²) < 4.78 is 0.